The summed E-state index contributed by atoms with van der Waals surface area (Å²) in [6.45, 7) is 7.20. The van der Waals surface area contributed by atoms with Crippen LogP contribution in [0, 0.1) is 13.8 Å². The van der Waals surface area contributed by atoms with E-state index in [1.165, 1.54) is 47.9 Å². The van der Waals surface area contributed by atoms with E-state index in [2.05, 4.69) is 69.3 Å². The van der Waals surface area contributed by atoms with Crippen LogP contribution in [0.4, 0.5) is 0 Å². The Balaban J connectivity index is 0.000000241. The van der Waals surface area contributed by atoms with Crippen LogP contribution in [0.25, 0.3) is 11.1 Å². The molecule has 1 nitrogen and oxygen atoms in total. The van der Waals surface area contributed by atoms with E-state index in [1.807, 2.05) is 0 Å². The van der Waals surface area contributed by atoms with Crippen molar-refractivity contribution in [1.29, 1.82) is 0 Å². The van der Waals surface area contributed by atoms with Gasteiger partial charge in [0.15, 0.2) is 0 Å². The van der Waals surface area contributed by atoms with Crippen molar-refractivity contribution in [2.45, 2.75) is 52.9 Å². The first kappa shape index (κ1) is 19.4. The smallest absolute Gasteiger partial charge is 0.0459 e. The van der Waals surface area contributed by atoms with Crippen LogP contribution in [-0.2, 0) is 4.74 Å². The molecule has 2 aromatic rings. The lowest BCUT2D eigenvalue weighted by molar-refractivity contribution is 0.199. The van der Waals surface area contributed by atoms with Crippen LogP contribution >= 0.6 is 0 Å². The van der Waals surface area contributed by atoms with Crippen molar-refractivity contribution in [2.75, 3.05) is 13.7 Å². The maximum atomic E-state index is 4.69. The van der Waals surface area contributed by atoms with Gasteiger partial charge < -0.3 is 4.74 Å². The van der Waals surface area contributed by atoms with E-state index >= 15 is 0 Å². The molecule has 0 bridgehead atoms. The monoisotopic (exact) mass is 312 g/mol. The maximum Gasteiger partial charge on any atom is 0.0459 e. The van der Waals surface area contributed by atoms with Crippen molar-refractivity contribution in [2.24, 2.45) is 0 Å². The summed E-state index contributed by atoms with van der Waals surface area (Å²) in [7, 11) is 1.71. The molecule has 0 heterocycles. The van der Waals surface area contributed by atoms with Gasteiger partial charge in [-0.3, -0.25) is 0 Å². The Bertz CT molecular complexity index is 457. The van der Waals surface area contributed by atoms with E-state index in [0.717, 1.165) is 13.0 Å². The molecule has 3 rings (SSSR count). The molecule has 1 saturated carbocycles. The quantitative estimate of drug-likeness (QED) is 0.622. The number of rotatable bonds is 3. The Morgan fingerprint density at radius 2 is 1.04 bits per heavy atom. The summed E-state index contributed by atoms with van der Waals surface area (Å²) in [5, 5.41) is 0. The van der Waals surface area contributed by atoms with Crippen LogP contribution in [0.15, 0.2) is 48.5 Å². The lowest BCUT2D eigenvalue weighted by atomic mass is 10.0. The Hall–Kier alpha value is -1.60. The summed E-state index contributed by atoms with van der Waals surface area (Å²) in [4.78, 5) is 0. The highest BCUT2D eigenvalue weighted by molar-refractivity contribution is 5.63. The maximum absolute atomic E-state index is 4.69. The molecule has 1 aliphatic carbocycles. The third-order valence-corrected chi connectivity index (χ3v) is 3.84. The average molecular weight is 312 g/mol. The van der Waals surface area contributed by atoms with Crippen molar-refractivity contribution >= 4 is 0 Å². The standard InChI is InChI=1S/C14H14.C4H10O.C4H8/c1-11-3-7-13(8-4-11)14-9-5-12(2)6-10-14;1-3-4-5-2;1-2-4-3-1/h3-10H,1-2H3;3-4H2,1-2H3;1-4H2. The predicted molar refractivity (Wildman–Crippen MR) is 102 cm³/mol. The molecule has 0 atom stereocenters. The van der Waals surface area contributed by atoms with Gasteiger partial charge in [0.1, 0.15) is 0 Å². The Labute approximate surface area is 142 Å². The fraction of sp³-hybridized carbons (Fsp3) is 0.455. The molecule has 0 aliphatic heterocycles. The van der Waals surface area contributed by atoms with E-state index in [1.54, 1.807) is 7.11 Å². The van der Waals surface area contributed by atoms with E-state index in [0.29, 0.717) is 0 Å². The van der Waals surface area contributed by atoms with E-state index in [4.69, 9.17) is 4.74 Å². The van der Waals surface area contributed by atoms with E-state index in [9.17, 15) is 0 Å². The minimum absolute atomic E-state index is 0.889. The van der Waals surface area contributed by atoms with Gasteiger partial charge in [-0.25, -0.2) is 0 Å². The number of ether oxygens (including phenoxy) is 1. The highest BCUT2D eigenvalue weighted by atomic mass is 16.5. The number of methoxy groups -OCH3 is 1. The summed E-state index contributed by atoms with van der Waals surface area (Å²) in [5.41, 5.74) is 5.19. The predicted octanol–water partition coefficient (Wildman–Crippen LogP) is 6.57. The Morgan fingerprint density at radius 1 is 0.696 bits per heavy atom. The lowest BCUT2D eigenvalue weighted by Gasteiger charge is -2.05. The van der Waals surface area contributed by atoms with Gasteiger partial charge in [-0.2, -0.15) is 0 Å². The Kier molecular flexibility index (Phi) is 10.1. The lowest BCUT2D eigenvalue weighted by Crippen LogP contribution is -1.85. The van der Waals surface area contributed by atoms with E-state index < -0.39 is 0 Å². The third kappa shape index (κ3) is 8.56. The van der Waals surface area contributed by atoms with Crippen molar-refractivity contribution in [3.63, 3.8) is 0 Å². The van der Waals surface area contributed by atoms with Crippen molar-refractivity contribution in [3.05, 3.63) is 59.7 Å². The molecule has 0 amide bonds. The van der Waals surface area contributed by atoms with Crippen LogP contribution in [-0.4, -0.2) is 13.7 Å². The minimum atomic E-state index is 0.889. The minimum Gasteiger partial charge on any atom is -0.385 e. The average Bonchev–Trinajstić information content (AvgIpc) is 2.49. The molecule has 1 fully saturated rings. The first-order chi connectivity index (χ1) is 11.2. The fourth-order valence-electron chi connectivity index (χ4n) is 1.95. The highest BCUT2D eigenvalue weighted by Crippen LogP contribution is 2.19. The zero-order chi connectivity index (χ0) is 16.9. The largest absolute Gasteiger partial charge is 0.385 e. The number of hydrogen-bond donors (Lipinski definition) is 0. The normalized spacial score (nSPS) is 12.2. The zero-order valence-corrected chi connectivity index (χ0v) is 15.3. The molecular formula is C22H32O. The molecule has 0 spiro atoms. The molecule has 0 unspecified atom stereocenters. The molecule has 2 aromatic carbocycles. The molecule has 1 aliphatic rings. The van der Waals surface area contributed by atoms with Crippen LogP contribution in [0.5, 0.6) is 0 Å². The molecule has 0 saturated heterocycles. The number of aryl methyl sites for hydroxylation is 2. The summed E-state index contributed by atoms with van der Waals surface area (Å²) in [6, 6.07) is 17.3. The molecule has 0 aromatic heterocycles. The van der Waals surface area contributed by atoms with Crippen LogP contribution in [0.3, 0.4) is 0 Å². The summed E-state index contributed by atoms with van der Waals surface area (Å²) in [6.07, 6.45) is 7.12. The molecule has 1 heteroatoms. The van der Waals surface area contributed by atoms with Gasteiger partial charge in [-0.15, -0.1) is 0 Å². The van der Waals surface area contributed by atoms with Gasteiger partial charge in [0, 0.05) is 13.7 Å². The highest BCUT2D eigenvalue weighted by Gasteiger charge is 1.96. The summed E-state index contributed by atoms with van der Waals surface area (Å²) in [5.74, 6) is 0. The van der Waals surface area contributed by atoms with Crippen LogP contribution in [0.1, 0.15) is 50.2 Å². The second kappa shape index (κ2) is 11.9. The van der Waals surface area contributed by atoms with Crippen LogP contribution < -0.4 is 0 Å². The van der Waals surface area contributed by atoms with Crippen molar-refractivity contribution in [3.8, 4) is 11.1 Å². The summed E-state index contributed by atoms with van der Waals surface area (Å²) >= 11 is 0. The van der Waals surface area contributed by atoms with E-state index in [-0.39, 0.29) is 0 Å². The molecule has 126 valence electrons. The first-order valence-corrected chi connectivity index (χ1v) is 8.80. The van der Waals surface area contributed by atoms with Gasteiger partial charge >= 0.3 is 0 Å². The zero-order valence-electron chi connectivity index (χ0n) is 15.3. The number of hydrogen-bond acceptors (Lipinski definition) is 1. The van der Waals surface area contributed by atoms with Gasteiger partial charge in [0.05, 0.1) is 0 Å². The van der Waals surface area contributed by atoms with Gasteiger partial charge in [-0.1, -0.05) is 92.3 Å². The molecule has 0 radical (unpaired) electrons. The SMILES string of the molecule is C1CCC1.CCCOC.Cc1ccc(-c2ccc(C)cc2)cc1. The molecular weight excluding hydrogens is 280 g/mol. The fourth-order valence-corrected chi connectivity index (χ4v) is 1.95. The molecule has 23 heavy (non-hydrogen) atoms. The van der Waals surface area contributed by atoms with Gasteiger partial charge in [0.2, 0.25) is 0 Å². The second-order valence-corrected chi connectivity index (χ2v) is 6.14. The summed E-state index contributed by atoms with van der Waals surface area (Å²) < 4.78 is 4.69. The van der Waals surface area contributed by atoms with Crippen LogP contribution in [0.2, 0.25) is 0 Å². The number of benzene rings is 2. The first-order valence-electron chi connectivity index (χ1n) is 8.80. The third-order valence-electron chi connectivity index (χ3n) is 3.84. The van der Waals surface area contributed by atoms with Gasteiger partial charge in [0.25, 0.3) is 0 Å². The second-order valence-electron chi connectivity index (χ2n) is 6.14. The topological polar surface area (TPSA) is 9.23 Å². The Morgan fingerprint density at radius 3 is 1.22 bits per heavy atom. The van der Waals surface area contributed by atoms with Crippen molar-refractivity contribution in [1.82, 2.24) is 0 Å². The van der Waals surface area contributed by atoms with Crippen molar-refractivity contribution < 1.29 is 4.74 Å². The molecule has 0 N–H and O–H groups in total. The van der Waals surface area contributed by atoms with Gasteiger partial charge in [-0.05, 0) is 31.4 Å².